The van der Waals surface area contributed by atoms with Crippen molar-refractivity contribution in [2.75, 3.05) is 18.5 Å². The highest BCUT2D eigenvalue weighted by Gasteiger charge is 2.51. The number of carbonyl (C=O) groups is 2. The van der Waals surface area contributed by atoms with E-state index in [0.29, 0.717) is 6.42 Å². The van der Waals surface area contributed by atoms with Crippen LogP contribution in [0.4, 0.5) is 5.69 Å². The molecule has 4 nitrogen and oxygen atoms in total. The number of benzene rings is 1. The van der Waals surface area contributed by atoms with Crippen LogP contribution < -0.4 is 4.90 Å². The van der Waals surface area contributed by atoms with Gasteiger partial charge in [-0.3, -0.25) is 9.59 Å². The summed E-state index contributed by atoms with van der Waals surface area (Å²) < 4.78 is 0. The first kappa shape index (κ1) is 16.0. The van der Waals surface area contributed by atoms with Crippen molar-refractivity contribution < 1.29 is 9.59 Å². The van der Waals surface area contributed by atoms with Crippen LogP contribution in [0.25, 0.3) is 0 Å². The van der Waals surface area contributed by atoms with Crippen molar-refractivity contribution in [2.45, 2.75) is 45.6 Å². The van der Waals surface area contributed by atoms with Gasteiger partial charge in [0.1, 0.15) is 0 Å². The van der Waals surface area contributed by atoms with Crippen molar-refractivity contribution in [3.8, 4) is 0 Å². The van der Waals surface area contributed by atoms with E-state index in [0.717, 1.165) is 31.5 Å². The lowest BCUT2D eigenvalue weighted by Crippen LogP contribution is -2.38. The summed E-state index contributed by atoms with van der Waals surface area (Å²) in [5.41, 5.74) is 2.26. The summed E-state index contributed by atoms with van der Waals surface area (Å²) in [5.74, 6) is 0.0335. The van der Waals surface area contributed by atoms with Crippen molar-refractivity contribution in [3.63, 3.8) is 0 Å². The minimum Gasteiger partial charge on any atom is -0.346 e. The number of fused-ring (bicyclic) bond motifs is 1. The van der Waals surface area contributed by atoms with Crippen LogP contribution in [0.5, 0.6) is 0 Å². The summed E-state index contributed by atoms with van der Waals surface area (Å²) >= 11 is 0. The predicted octanol–water partition coefficient (Wildman–Crippen LogP) is 2.86. The van der Waals surface area contributed by atoms with Crippen LogP contribution in [0.15, 0.2) is 24.3 Å². The zero-order valence-corrected chi connectivity index (χ0v) is 14.3. The predicted molar refractivity (Wildman–Crippen MR) is 91.2 cm³/mol. The van der Waals surface area contributed by atoms with Gasteiger partial charge in [-0.2, -0.15) is 0 Å². The first-order chi connectivity index (χ1) is 11.0. The maximum atomic E-state index is 12.9. The Morgan fingerprint density at radius 3 is 2.74 bits per heavy atom. The molecule has 4 heteroatoms. The summed E-state index contributed by atoms with van der Waals surface area (Å²) in [5, 5.41) is 0. The van der Waals surface area contributed by atoms with Crippen LogP contribution in [0.2, 0.25) is 0 Å². The lowest BCUT2D eigenvalue weighted by atomic mass is 10.1. The molecule has 2 aliphatic rings. The van der Waals surface area contributed by atoms with E-state index >= 15 is 0 Å². The molecule has 3 atom stereocenters. The van der Waals surface area contributed by atoms with Crippen LogP contribution in [0.1, 0.15) is 38.7 Å². The van der Waals surface area contributed by atoms with Gasteiger partial charge < -0.3 is 9.80 Å². The number of nitrogens with zero attached hydrogens (tertiary/aromatic N) is 2. The van der Waals surface area contributed by atoms with E-state index in [4.69, 9.17) is 0 Å². The maximum Gasteiger partial charge on any atom is 0.231 e. The minimum atomic E-state index is -0.125. The Kier molecular flexibility index (Phi) is 4.42. The lowest BCUT2D eigenvalue weighted by molar-refractivity contribution is -0.133. The van der Waals surface area contributed by atoms with E-state index in [9.17, 15) is 9.59 Å². The summed E-state index contributed by atoms with van der Waals surface area (Å²) in [6.07, 6.45) is 3.71. The van der Waals surface area contributed by atoms with Crippen LogP contribution in [0.3, 0.4) is 0 Å². The summed E-state index contributed by atoms with van der Waals surface area (Å²) in [6, 6.07) is 8.29. The smallest absolute Gasteiger partial charge is 0.231 e. The van der Waals surface area contributed by atoms with E-state index in [1.807, 2.05) is 30.1 Å². The van der Waals surface area contributed by atoms with E-state index < -0.39 is 0 Å². The number of rotatable bonds is 5. The van der Waals surface area contributed by atoms with Crippen LogP contribution >= 0.6 is 0 Å². The van der Waals surface area contributed by atoms with Gasteiger partial charge in [0.25, 0.3) is 0 Å². The molecule has 1 fully saturated rings. The number of anilines is 1. The van der Waals surface area contributed by atoms with Gasteiger partial charge >= 0.3 is 0 Å². The van der Waals surface area contributed by atoms with E-state index in [-0.39, 0.29) is 29.7 Å². The third-order valence-electron chi connectivity index (χ3n) is 5.09. The summed E-state index contributed by atoms with van der Waals surface area (Å²) in [4.78, 5) is 29.0. The van der Waals surface area contributed by atoms with Gasteiger partial charge in [-0.25, -0.2) is 0 Å². The van der Waals surface area contributed by atoms with Crippen LogP contribution in [0, 0.1) is 11.8 Å². The maximum absolute atomic E-state index is 12.9. The molecule has 124 valence electrons. The Hall–Kier alpha value is -1.84. The third-order valence-corrected chi connectivity index (χ3v) is 5.09. The first-order valence-electron chi connectivity index (χ1n) is 8.70. The average molecular weight is 314 g/mol. The topological polar surface area (TPSA) is 40.6 Å². The van der Waals surface area contributed by atoms with Gasteiger partial charge in [-0.05, 0) is 37.8 Å². The van der Waals surface area contributed by atoms with E-state index in [1.165, 1.54) is 5.56 Å². The Morgan fingerprint density at radius 2 is 2.00 bits per heavy atom. The summed E-state index contributed by atoms with van der Waals surface area (Å²) in [6.45, 7) is 4.99. The van der Waals surface area contributed by atoms with Gasteiger partial charge in [0.05, 0.1) is 11.8 Å². The second kappa shape index (κ2) is 6.34. The van der Waals surface area contributed by atoms with Gasteiger partial charge in [-0.15, -0.1) is 0 Å². The normalized spacial score (nSPS) is 25.2. The first-order valence-corrected chi connectivity index (χ1v) is 8.70. The lowest BCUT2D eigenvalue weighted by Gasteiger charge is -2.23. The molecule has 2 amide bonds. The average Bonchev–Trinajstić information content (AvgIpc) is 3.27. The molecular weight excluding hydrogens is 288 g/mol. The molecule has 0 bridgehead atoms. The van der Waals surface area contributed by atoms with Gasteiger partial charge in [0.2, 0.25) is 11.8 Å². The SMILES string of the molecule is CCCCN(C)C(=O)C1CC1C(=O)N1c2ccccc2CC1C. The van der Waals surface area contributed by atoms with Gasteiger partial charge in [0, 0.05) is 25.3 Å². The second-order valence-corrected chi connectivity index (χ2v) is 6.95. The van der Waals surface area contributed by atoms with Crippen LogP contribution in [-0.4, -0.2) is 36.3 Å². The quantitative estimate of drug-likeness (QED) is 0.838. The highest BCUT2D eigenvalue weighted by molar-refractivity contribution is 6.02. The molecule has 0 spiro atoms. The zero-order valence-electron chi connectivity index (χ0n) is 14.3. The molecular formula is C19H26N2O2. The number of amides is 2. The van der Waals surface area contributed by atoms with Gasteiger partial charge in [-0.1, -0.05) is 31.5 Å². The molecule has 1 aliphatic carbocycles. The molecule has 0 saturated heterocycles. The molecule has 0 radical (unpaired) electrons. The van der Waals surface area contributed by atoms with E-state index in [2.05, 4.69) is 19.9 Å². The number of para-hydroxylation sites is 1. The Balaban J connectivity index is 1.66. The molecule has 3 rings (SSSR count). The molecule has 1 aliphatic heterocycles. The fourth-order valence-corrected chi connectivity index (χ4v) is 3.61. The highest BCUT2D eigenvalue weighted by atomic mass is 16.2. The molecule has 1 aromatic carbocycles. The molecule has 3 unspecified atom stereocenters. The number of hydrogen-bond acceptors (Lipinski definition) is 2. The minimum absolute atomic E-state index is 0.107. The number of hydrogen-bond donors (Lipinski definition) is 0. The Labute approximate surface area is 138 Å². The van der Waals surface area contributed by atoms with Crippen LogP contribution in [-0.2, 0) is 16.0 Å². The van der Waals surface area contributed by atoms with E-state index in [1.54, 1.807) is 4.90 Å². The van der Waals surface area contributed by atoms with Crippen molar-refractivity contribution in [1.29, 1.82) is 0 Å². The molecule has 23 heavy (non-hydrogen) atoms. The fraction of sp³-hybridized carbons (Fsp3) is 0.579. The Morgan fingerprint density at radius 1 is 1.26 bits per heavy atom. The largest absolute Gasteiger partial charge is 0.346 e. The Bertz CT molecular complexity index is 613. The highest BCUT2D eigenvalue weighted by Crippen LogP contribution is 2.44. The van der Waals surface area contributed by atoms with Gasteiger partial charge in [0.15, 0.2) is 0 Å². The second-order valence-electron chi connectivity index (χ2n) is 6.95. The molecule has 0 N–H and O–H groups in total. The molecule has 1 saturated carbocycles. The zero-order chi connectivity index (χ0) is 16.6. The van der Waals surface area contributed by atoms with Crippen molar-refractivity contribution >= 4 is 17.5 Å². The van der Waals surface area contributed by atoms with Crippen molar-refractivity contribution in [1.82, 2.24) is 4.90 Å². The molecule has 0 aromatic heterocycles. The molecule has 1 heterocycles. The van der Waals surface area contributed by atoms with Crippen molar-refractivity contribution in [3.05, 3.63) is 29.8 Å². The van der Waals surface area contributed by atoms with Crippen molar-refractivity contribution in [2.24, 2.45) is 11.8 Å². The molecule has 1 aromatic rings. The summed E-state index contributed by atoms with van der Waals surface area (Å²) in [7, 11) is 1.85. The standard InChI is InChI=1S/C19H26N2O2/c1-4-5-10-20(3)18(22)15-12-16(15)19(23)21-13(2)11-14-8-6-7-9-17(14)21/h6-9,13,15-16H,4-5,10-12H2,1-3H3. The fourth-order valence-electron chi connectivity index (χ4n) is 3.61. The number of unbranched alkanes of at least 4 members (excludes halogenated alkanes) is 1. The number of carbonyl (C=O) groups excluding carboxylic acids is 2. The third kappa shape index (κ3) is 2.99. The monoisotopic (exact) mass is 314 g/mol.